The molecule has 1 fully saturated rings. The largest absolute Gasteiger partial charge is 0.376 e. The molecule has 1 aliphatic carbocycles. The second kappa shape index (κ2) is 7.79. The molecule has 0 spiro atoms. The summed E-state index contributed by atoms with van der Waals surface area (Å²) in [5.74, 6) is -0.215. The van der Waals surface area contributed by atoms with Gasteiger partial charge in [-0.1, -0.05) is 12.1 Å². The molecule has 0 bridgehead atoms. The molecule has 130 valence electrons. The van der Waals surface area contributed by atoms with Gasteiger partial charge in [0.2, 0.25) is 11.8 Å². The maximum absolute atomic E-state index is 12.8. The van der Waals surface area contributed by atoms with E-state index < -0.39 is 0 Å². The van der Waals surface area contributed by atoms with Crippen molar-refractivity contribution in [2.24, 2.45) is 5.92 Å². The number of amides is 2. The van der Waals surface area contributed by atoms with Crippen LogP contribution in [-0.2, 0) is 16.1 Å². The molecule has 2 aromatic carbocycles. The van der Waals surface area contributed by atoms with Gasteiger partial charge in [0, 0.05) is 23.8 Å². The number of hydrogen-bond donors (Lipinski definition) is 3. The highest BCUT2D eigenvalue weighted by Crippen LogP contribution is 2.30. The quantitative estimate of drug-likeness (QED) is 0.725. The summed E-state index contributed by atoms with van der Waals surface area (Å²) in [4.78, 5) is 23.5. The van der Waals surface area contributed by atoms with Gasteiger partial charge >= 0.3 is 0 Å². The Bertz CT molecular complexity index is 740. The Hall–Kier alpha value is -2.89. The number of halogens is 1. The zero-order chi connectivity index (χ0) is 17.6. The molecule has 1 aliphatic rings. The number of rotatable bonds is 7. The van der Waals surface area contributed by atoms with E-state index in [1.807, 2.05) is 12.1 Å². The zero-order valence-corrected chi connectivity index (χ0v) is 13.7. The maximum Gasteiger partial charge on any atom is 0.239 e. The highest BCUT2D eigenvalue weighted by molar-refractivity contribution is 5.94. The van der Waals surface area contributed by atoms with E-state index in [4.69, 9.17) is 0 Å². The third-order valence-corrected chi connectivity index (χ3v) is 3.96. The number of hydrogen-bond acceptors (Lipinski definition) is 3. The molecule has 0 heterocycles. The number of anilines is 2. The summed E-state index contributed by atoms with van der Waals surface area (Å²) in [7, 11) is 0. The van der Waals surface area contributed by atoms with Gasteiger partial charge in [-0.2, -0.15) is 0 Å². The third kappa shape index (κ3) is 5.31. The highest BCUT2D eigenvalue weighted by Gasteiger charge is 2.29. The van der Waals surface area contributed by atoms with Crippen molar-refractivity contribution in [2.75, 3.05) is 17.2 Å². The predicted octanol–water partition coefficient (Wildman–Crippen LogP) is 2.90. The van der Waals surface area contributed by atoms with Gasteiger partial charge in [0.1, 0.15) is 5.82 Å². The van der Waals surface area contributed by atoms with Crippen LogP contribution in [0.1, 0.15) is 18.4 Å². The van der Waals surface area contributed by atoms with Crippen LogP contribution in [0.15, 0.2) is 48.5 Å². The van der Waals surface area contributed by atoms with Gasteiger partial charge in [-0.3, -0.25) is 9.59 Å². The second-order valence-electron chi connectivity index (χ2n) is 6.10. The lowest BCUT2D eigenvalue weighted by Crippen LogP contribution is -2.29. The standard InChI is InChI=1S/C19H20FN3O2/c20-15-5-1-13(2-6-15)11-22-18(24)12-21-16-7-9-17(10-8-16)23-19(25)14-3-4-14/h1-2,5-10,14,21H,3-4,11-12H2,(H,22,24)(H,23,25). The minimum Gasteiger partial charge on any atom is -0.376 e. The Kier molecular flexibility index (Phi) is 5.28. The van der Waals surface area contributed by atoms with E-state index in [0.717, 1.165) is 29.8 Å². The number of nitrogens with one attached hydrogen (secondary N) is 3. The minimum atomic E-state index is -0.298. The SMILES string of the molecule is O=C(CNc1ccc(NC(=O)C2CC2)cc1)NCc1ccc(F)cc1. The fourth-order valence-corrected chi connectivity index (χ4v) is 2.31. The molecule has 0 aromatic heterocycles. The van der Waals surface area contributed by atoms with Crippen molar-refractivity contribution in [3.63, 3.8) is 0 Å². The summed E-state index contributed by atoms with van der Waals surface area (Å²) in [6, 6.07) is 13.2. The van der Waals surface area contributed by atoms with Crippen LogP contribution in [0.2, 0.25) is 0 Å². The normalized spacial score (nSPS) is 13.2. The van der Waals surface area contributed by atoms with Crippen LogP contribution in [-0.4, -0.2) is 18.4 Å². The molecule has 25 heavy (non-hydrogen) atoms. The number of benzene rings is 2. The first-order valence-electron chi connectivity index (χ1n) is 8.26. The Balaban J connectivity index is 1.40. The van der Waals surface area contributed by atoms with Crippen LogP contribution < -0.4 is 16.0 Å². The van der Waals surface area contributed by atoms with Gasteiger partial charge in [-0.15, -0.1) is 0 Å². The molecule has 2 aromatic rings. The van der Waals surface area contributed by atoms with Crippen LogP contribution in [0, 0.1) is 11.7 Å². The Morgan fingerprint density at radius 2 is 1.60 bits per heavy atom. The van der Waals surface area contributed by atoms with E-state index >= 15 is 0 Å². The summed E-state index contributed by atoms with van der Waals surface area (Å²) in [5, 5.41) is 8.65. The summed E-state index contributed by atoms with van der Waals surface area (Å²) in [6.07, 6.45) is 1.94. The van der Waals surface area contributed by atoms with Gasteiger partial charge in [-0.05, 0) is 54.8 Å². The summed E-state index contributed by atoms with van der Waals surface area (Å²) in [6.45, 7) is 0.488. The maximum atomic E-state index is 12.8. The van der Waals surface area contributed by atoms with Crippen molar-refractivity contribution in [1.82, 2.24) is 5.32 Å². The van der Waals surface area contributed by atoms with Crippen molar-refractivity contribution in [3.8, 4) is 0 Å². The number of carbonyl (C=O) groups is 2. The first kappa shape index (κ1) is 17.0. The van der Waals surface area contributed by atoms with Crippen molar-refractivity contribution in [2.45, 2.75) is 19.4 Å². The van der Waals surface area contributed by atoms with E-state index in [2.05, 4.69) is 16.0 Å². The van der Waals surface area contributed by atoms with Gasteiger partial charge in [0.05, 0.1) is 6.54 Å². The van der Waals surface area contributed by atoms with Gasteiger partial charge < -0.3 is 16.0 Å². The molecule has 3 N–H and O–H groups in total. The molecule has 0 radical (unpaired) electrons. The van der Waals surface area contributed by atoms with Crippen LogP contribution in [0.25, 0.3) is 0 Å². The lowest BCUT2D eigenvalue weighted by molar-refractivity contribution is -0.119. The third-order valence-electron chi connectivity index (χ3n) is 3.96. The van der Waals surface area contributed by atoms with Crippen LogP contribution in [0.3, 0.4) is 0 Å². The van der Waals surface area contributed by atoms with Crippen molar-refractivity contribution < 1.29 is 14.0 Å². The van der Waals surface area contributed by atoms with E-state index in [0.29, 0.717) is 6.54 Å². The van der Waals surface area contributed by atoms with Gasteiger partial charge in [-0.25, -0.2) is 4.39 Å². The minimum absolute atomic E-state index is 0.0703. The van der Waals surface area contributed by atoms with Gasteiger partial charge in [0.15, 0.2) is 0 Å². The molecular weight excluding hydrogens is 321 g/mol. The summed E-state index contributed by atoms with van der Waals surface area (Å²) < 4.78 is 12.8. The van der Waals surface area contributed by atoms with Crippen LogP contribution >= 0.6 is 0 Å². The molecule has 0 atom stereocenters. The Labute approximate surface area is 145 Å². The molecule has 0 unspecified atom stereocenters. The first-order chi connectivity index (χ1) is 12.1. The molecule has 6 heteroatoms. The van der Waals surface area contributed by atoms with Gasteiger partial charge in [0.25, 0.3) is 0 Å². The number of carbonyl (C=O) groups excluding carboxylic acids is 2. The lowest BCUT2D eigenvalue weighted by atomic mass is 10.2. The smallest absolute Gasteiger partial charge is 0.239 e. The van der Waals surface area contributed by atoms with E-state index in [-0.39, 0.29) is 30.1 Å². The Morgan fingerprint density at radius 3 is 2.24 bits per heavy atom. The fourth-order valence-electron chi connectivity index (χ4n) is 2.31. The lowest BCUT2D eigenvalue weighted by Gasteiger charge is -2.09. The van der Waals surface area contributed by atoms with E-state index in [9.17, 15) is 14.0 Å². The first-order valence-corrected chi connectivity index (χ1v) is 8.26. The molecule has 0 aliphatic heterocycles. The topological polar surface area (TPSA) is 70.2 Å². The average molecular weight is 341 g/mol. The summed E-state index contributed by atoms with van der Waals surface area (Å²) in [5.41, 5.74) is 2.38. The fraction of sp³-hybridized carbons (Fsp3) is 0.263. The van der Waals surface area contributed by atoms with Crippen LogP contribution in [0.4, 0.5) is 15.8 Å². The van der Waals surface area contributed by atoms with Crippen molar-refractivity contribution in [1.29, 1.82) is 0 Å². The summed E-state index contributed by atoms with van der Waals surface area (Å²) >= 11 is 0. The molecule has 0 saturated heterocycles. The van der Waals surface area contributed by atoms with E-state index in [1.165, 1.54) is 12.1 Å². The molecule has 3 rings (SSSR count). The second-order valence-corrected chi connectivity index (χ2v) is 6.10. The van der Waals surface area contributed by atoms with Crippen LogP contribution in [0.5, 0.6) is 0 Å². The predicted molar refractivity (Wildman–Crippen MR) is 94.5 cm³/mol. The highest BCUT2D eigenvalue weighted by atomic mass is 19.1. The van der Waals surface area contributed by atoms with Crippen molar-refractivity contribution in [3.05, 3.63) is 59.9 Å². The molecular formula is C19H20FN3O2. The Morgan fingerprint density at radius 1 is 0.960 bits per heavy atom. The van der Waals surface area contributed by atoms with Crippen molar-refractivity contribution >= 4 is 23.2 Å². The molecule has 1 saturated carbocycles. The molecule has 5 nitrogen and oxygen atoms in total. The average Bonchev–Trinajstić information content (AvgIpc) is 3.46. The van der Waals surface area contributed by atoms with E-state index in [1.54, 1.807) is 24.3 Å². The molecule has 2 amide bonds. The zero-order valence-electron chi connectivity index (χ0n) is 13.7. The monoisotopic (exact) mass is 341 g/mol.